The quantitative estimate of drug-likeness (QED) is 0.821. The van der Waals surface area contributed by atoms with E-state index in [2.05, 4.69) is 11.6 Å². The van der Waals surface area contributed by atoms with Crippen LogP contribution in [0.1, 0.15) is 50.2 Å². The summed E-state index contributed by atoms with van der Waals surface area (Å²) in [6.45, 7) is 6.28. The Labute approximate surface area is 128 Å². The van der Waals surface area contributed by atoms with Crippen LogP contribution in [-0.4, -0.2) is 15.0 Å². The summed E-state index contributed by atoms with van der Waals surface area (Å²) in [7, 11) is -3.48. The van der Waals surface area contributed by atoms with Gasteiger partial charge in [-0.25, -0.2) is 13.1 Å². The lowest BCUT2D eigenvalue weighted by molar-refractivity contribution is 0.285. The molecule has 1 saturated carbocycles. The van der Waals surface area contributed by atoms with Gasteiger partial charge in [0.25, 0.3) is 0 Å². The highest BCUT2D eigenvalue weighted by Crippen LogP contribution is 2.40. The molecule has 0 unspecified atom stereocenters. The number of rotatable bonds is 5. The van der Waals surface area contributed by atoms with Crippen molar-refractivity contribution in [2.24, 2.45) is 5.41 Å². The van der Waals surface area contributed by atoms with Gasteiger partial charge in [-0.2, -0.15) is 0 Å². The first-order valence-corrected chi connectivity index (χ1v) is 9.14. The summed E-state index contributed by atoms with van der Waals surface area (Å²) in [4.78, 5) is 0.376. The second-order valence-corrected chi connectivity index (χ2v) is 8.07. The van der Waals surface area contributed by atoms with Gasteiger partial charge in [0.15, 0.2) is 0 Å². The van der Waals surface area contributed by atoms with Crippen molar-refractivity contribution >= 4 is 15.7 Å². The van der Waals surface area contributed by atoms with Crippen molar-refractivity contribution in [3.05, 3.63) is 23.3 Å². The van der Waals surface area contributed by atoms with E-state index in [4.69, 9.17) is 5.73 Å². The number of aryl methyl sites for hydroxylation is 2. The lowest BCUT2D eigenvalue weighted by atomic mass is 9.84. The van der Waals surface area contributed by atoms with Gasteiger partial charge in [-0.15, -0.1) is 0 Å². The molecule has 1 aromatic rings. The Bertz CT molecular complexity index is 594. The minimum absolute atomic E-state index is 0.142. The molecule has 0 aliphatic heterocycles. The monoisotopic (exact) mass is 310 g/mol. The molecular weight excluding hydrogens is 284 g/mol. The molecule has 0 bridgehead atoms. The van der Waals surface area contributed by atoms with Crippen LogP contribution >= 0.6 is 0 Å². The first-order valence-electron chi connectivity index (χ1n) is 7.66. The Morgan fingerprint density at radius 2 is 1.71 bits per heavy atom. The average Bonchev–Trinajstić information content (AvgIpc) is 2.84. The number of hydrogen-bond acceptors (Lipinski definition) is 3. The van der Waals surface area contributed by atoms with Crippen LogP contribution in [-0.2, 0) is 10.0 Å². The maximum absolute atomic E-state index is 12.6. The zero-order chi connectivity index (χ0) is 15.7. The van der Waals surface area contributed by atoms with E-state index < -0.39 is 10.0 Å². The predicted molar refractivity (Wildman–Crippen MR) is 86.7 cm³/mol. The van der Waals surface area contributed by atoms with Crippen molar-refractivity contribution in [3.63, 3.8) is 0 Å². The van der Waals surface area contributed by atoms with Crippen LogP contribution in [0, 0.1) is 19.3 Å². The maximum Gasteiger partial charge on any atom is 0.241 e. The highest BCUT2D eigenvalue weighted by Gasteiger charge is 2.33. The van der Waals surface area contributed by atoms with Crippen LogP contribution in [0.5, 0.6) is 0 Å². The standard InChI is InChI=1S/C16H26N2O2S/c1-4-16(7-5-6-8-16)11-18-21(19,20)15-12(2)9-14(17)10-13(15)3/h9-10,18H,4-8,11,17H2,1-3H3. The number of hydrogen-bond donors (Lipinski definition) is 2. The Hall–Kier alpha value is -1.07. The third-order valence-electron chi connectivity index (χ3n) is 4.80. The van der Waals surface area contributed by atoms with Crippen LogP contribution in [0.4, 0.5) is 5.69 Å². The van der Waals surface area contributed by atoms with Crippen LogP contribution in [0.15, 0.2) is 17.0 Å². The third-order valence-corrected chi connectivity index (χ3v) is 6.51. The summed E-state index contributed by atoms with van der Waals surface area (Å²) < 4.78 is 28.1. The SMILES string of the molecule is CCC1(CNS(=O)(=O)c2c(C)cc(N)cc2C)CCCC1. The Morgan fingerprint density at radius 1 is 1.19 bits per heavy atom. The molecule has 5 heteroatoms. The van der Waals surface area contributed by atoms with Gasteiger partial charge in [-0.05, 0) is 61.8 Å². The fourth-order valence-electron chi connectivity index (χ4n) is 3.51. The summed E-state index contributed by atoms with van der Waals surface area (Å²) in [5.74, 6) is 0. The van der Waals surface area contributed by atoms with Gasteiger partial charge >= 0.3 is 0 Å². The first kappa shape index (κ1) is 16.3. The van der Waals surface area contributed by atoms with E-state index in [1.54, 1.807) is 26.0 Å². The lowest BCUT2D eigenvalue weighted by Crippen LogP contribution is -2.36. The smallest absolute Gasteiger partial charge is 0.241 e. The topological polar surface area (TPSA) is 72.2 Å². The van der Waals surface area contributed by atoms with Crippen molar-refractivity contribution in [1.29, 1.82) is 0 Å². The molecule has 1 aliphatic carbocycles. The zero-order valence-corrected chi connectivity index (χ0v) is 14.0. The summed E-state index contributed by atoms with van der Waals surface area (Å²) in [5.41, 5.74) is 7.93. The molecular formula is C16H26N2O2S. The van der Waals surface area contributed by atoms with E-state index in [1.165, 1.54) is 12.8 Å². The van der Waals surface area contributed by atoms with Gasteiger partial charge in [0.05, 0.1) is 4.90 Å². The normalized spacial score (nSPS) is 18.0. The molecule has 21 heavy (non-hydrogen) atoms. The van der Waals surface area contributed by atoms with Crippen molar-refractivity contribution in [2.45, 2.75) is 57.8 Å². The number of benzene rings is 1. The van der Waals surface area contributed by atoms with Crippen molar-refractivity contribution in [1.82, 2.24) is 4.72 Å². The van der Waals surface area contributed by atoms with Crippen molar-refractivity contribution < 1.29 is 8.42 Å². The van der Waals surface area contributed by atoms with Gasteiger partial charge in [0.1, 0.15) is 0 Å². The highest BCUT2D eigenvalue weighted by molar-refractivity contribution is 7.89. The molecule has 0 spiro atoms. The zero-order valence-electron chi connectivity index (χ0n) is 13.2. The van der Waals surface area contributed by atoms with E-state index >= 15 is 0 Å². The molecule has 1 aliphatic rings. The number of nitrogens with two attached hydrogens (primary N) is 1. The fourth-order valence-corrected chi connectivity index (χ4v) is 5.11. The maximum atomic E-state index is 12.6. The van der Waals surface area contributed by atoms with Crippen molar-refractivity contribution in [2.75, 3.05) is 12.3 Å². The average molecular weight is 310 g/mol. The van der Waals surface area contributed by atoms with Crippen LogP contribution < -0.4 is 10.5 Å². The van der Waals surface area contributed by atoms with Gasteiger partial charge in [-0.3, -0.25) is 0 Å². The molecule has 118 valence electrons. The minimum atomic E-state index is -3.48. The molecule has 0 heterocycles. The second kappa shape index (κ2) is 5.97. The first-order chi connectivity index (χ1) is 9.80. The summed E-state index contributed by atoms with van der Waals surface area (Å²) >= 11 is 0. The van der Waals surface area contributed by atoms with Crippen LogP contribution in [0.2, 0.25) is 0 Å². The molecule has 3 N–H and O–H groups in total. The second-order valence-electron chi connectivity index (χ2n) is 6.37. The molecule has 4 nitrogen and oxygen atoms in total. The molecule has 2 rings (SSSR count). The number of nitrogens with one attached hydrogen (secondary N) is 1. The molecule has 1 aromatic carbocycles. The van der Waals surface area contributed by atoms with E-state index in [0.717, 1.165) is 19.3 Å². The minimum Gasteiger partial charge on any atom is -0.399 e. The molecule has 0 aromatic heterocycles. The van der Waals surface area contributed by atoms with Crippen molar-refractivity contribution in [3.8, 4) is 0 Å². The largest absolute Gasteiger partial charge is 0.399 e. The Morgan fingerprint density at radius 3 is 2.19 bits per heavy atom. The van der Waals surface area contributed by atoms with Crippen LogP contribution in [0.25, 0.3) is 0 Å². The van der Waals surface area contributed by atoms with Crippen LogP contribution in [0.3, 0.4) is 0 Å². The molecule has 0 amide bonds. The van der Waals surface area contributed by atoms with E-state index in [1.807, 2.05) is 0 Å². The molecule has 0 atom stereocenters. The van der Waals surface area contributed by atoms with Gasteiger partial charge in [0, 0.05) is 12.2 Å². The summed E-state index contributed by atoms with van der Waals surface area (Å²) in [6.07, 6.45) is 5.66. The summed E-state index contributed by atoms with van der Waals surface area (Å²) in [5, 5.41) is 0. The molecule has 0 saturated heterocycles. The van der Waals surface area contributed by atoms with Gasteiger partial charge in [0.2, 0.25) is 10.0 Å². The fraction of sp³-hybridized carbons (Fsp3) is 0.625. The van der Waals surface area contributed by atoms with E-state index in [-0.39, 0.29) is 5.41 Å². The van der Waals surface area contributed by atoms with Gasteiger partial charge < -0.3 is 5.73 Å². The number of nitrogen functional groups attached to an aromatic ring is 1. The highest BCUT2D eigenvalue weighted by atomic mass is 32.2. The number of sulfonamides is 1. The van der Waals surface area contributed by atoms with Gasteiger partial charge in [-0.1, -0.05) is 19.8 Å². The van der Waals surface area contributed by atoms with E-state index in [0.29, 0.717) is 28.3 Å². The third kappa shape index (κ3) is 3.40. The molecule has 0 radical (unpaired) electrons. The Kier molecular flexibility index (Phi) is 4.63. The summed E-state index contributed by atoms with van der Waals surface area (Å²) in [6, 6.07) is 3.43. The number of anilines is 1. The molecule has 1 fully saturated rings. The lowest BCUT2D eigenvalue weighted by Gasteiger charge is -2.28. The predicted octanol–water partition coefficient (Wildman–Crippen LogP) is 3.13. The van der Waals surface area contributed by atoms with E-state index in [9.17, 15) is 8.42 Å². The Balaban J connectivity index is 2.23.